The fourth-order valence-corrected chi connectivity index (χ4v) is 6.15. The van der Waals surface area contributed by atoms with Crippen LogP contribution < -0.4 is 10.6 Å². The van der Waals surface area contributed by atoms with Crippen LogP contribution in [0.25, 0.3) is 0 Å². The molecule has 0 saturated heterocycles. The SMILES string of the molecule is C[C@H](N=CC1=CC=CC1P(c1ccccc1)c1ccccc1)c1ccccc1. The van der Waals surface area contributed by atoms with Crippen LogP contribution in [0.1, 0.15) is 18.5 Å². The van der Waals surface area contributed by atoms with Crippen LogP contribution in [0.3, 0.4) is 0 Å². The zero-order valence-corrected chi connectivity index (χ0v) is 16.9. The van der Waals surface area contributed by atoms with Crippen LogP contribution >= 0.6 is 7.92 Å². The zero-order valence-electron chi connectivity index (χ0n) is 16.0. The standard InChI is InChI=1S/C26H24NP/c1-21(22-12-5-2-6-13-22)27-20-23-14-11-19-26(23)28(24-15-7-3-8-16-24)25-17-9-4-10-18-25/h2-21,26H,1H3/t21-,26?/m0/s1. The summed E-state index contributed by atoms with van der Waals surface area (Å²) in [5.41, 5.74) is 2.89. The fraction of sp³-hybridized carbons (Fsp3) is 0.115. The fourth-order valence-electron chi connectivity index (χ4n) is 3.50. The van der Waals surface area contributed by atoms with Crippen molar-refractivity contribution in [3.05, 3.63) is 120 Å². The van der Waals surface area contributed by atoms with Crippen molar-refractivity contribution in [2.75, 3.05) is 0 Å². The lowest BCUT2D eigenvalue weighted by Gasteiger charge is -2.25. The molecule has 0 heterocycles. The van der Waals surface area contributed by atoms with Gasteiger partial charge in [0.05, 0.1) is 6.04 Å². The van der Waals surface area contributed by atoms with E-state index in [0.717, 1.165) is 0 Å². The largest absolute Gasteiger partial charge is 0.285 e. The Bertz CT molecular complexity index is 935. The Morgan fingerprint density at radius 1 is 0.786 bits per heavy atom. The molecular weight excluding hydrogens is 357 g/mol. The first-order valence-electron chi connectivity index (χ1n) is 9.69. The lowest BCUT2D eigenvalue weighted by Crippen LogP contribution is -2.21. The Balaban J connectivity index is 1.63. The molecule has 1 nitrogen and oxygen atoms in total. The topological polar surface area (TPSA) is 12.4 Å². The molecule has 0 N–H and O–H groups in total. The minimum Gasteiger partial charge on any atom is -0.285 e. The lowest BCUT2D eigenvalue weighted by molar-refractivity contribution is 0.824. The maximum Gasteiger partial charge on any atom is 0.0720 e. The van der Waals surface area contributed by atoms with E-state index >= 15 is 0 Å². The molecular formula is C26H24NP. The minimum absolute atomic E-state index is 0.156. The summed E-state index contributed by atoms with van der Waals surface area (Å²) in [6.45, 7) is 2.15. The number of hydrogen-bond donors (Lipinski definition) is 0. The first-order chi connectivity index (χ1) is 13.8. The number of benzene rings is 3. The average molecular weight is 381 g/mol. The second-order valence-electron chi connectivity index (χ2n) is 6.90. The van der Waals surface area contributed by atoms with Gasteiger partial charge in [0.15, 0.2) is 0 Å². The Hall–Kier alpha value is -2.76. The lowest BCUT2D eigenvalue weighted by atomic mass is 10.1. The van der Waals surface area contributed by atoms with Crippen molar-refractivity contribution in [1.82, 2.24) is 0 Å². The van der Waals surface area contributed by atoms with Gasteiger partial charge in [-0.1, -0.05) is 109 Å². The summed E-state index contributed by atoms with van der Waals surface area (Å²) >= 11 is 0. The molecule has 28 heavy (non-hydrogen) atoms. The van der Waals surface area contributed by atoms with Gasteiger partial charge in [0.2, 0.25) is 0 Å². The molecule has 138 valence electrons. The molecule has 3 aromatic rings. The second-order valence-corrected chi connectivity index (χ2v) is 9.23. The molecule has 0 spiro atoms. The average Bonchev–Trinajstić information content (AvgIpc) is 3.22. The summed E-state index contributed by atoms with van der Waals surface area (Å²) in [5, 5.41) is 2.80. The molecule has 0 amide bonds. The van der Waals surface area contributed by atoms with Crippen molar-refractivity contribution in [2.24, 2.45) is 4.99 Å². The highest BCUT2D eigenvalue weighted by molar-refractivity contribution is 7.74. The molecule has 3 aromatic carbocycles. The number of allylic oxidation sites excluding steroid dienone is 4. The molecule has 0 bridgehead atoms. The van der Waals surface area contributed by atoms with E-state index in [1.807, 2.05) is 6.07 Å². The molecule has 0 fully saturated rings. The number of rotatable bonds is 6. The highest BCUT2D eigenvalue weighted by Gasteiger charge is 2.26. The van der Waals surface area contributed by atoms with E-state index in [9.17, 15) is 0 Å². The van der Waals surface area contributed by atoms with Gasteiger partial charge in [-0.3, -0.25) is 4.99 Å². The molecule has 1 aliphatic rings. The Morgan fingerprint density at radius 3 is 1.89 bits per heavy atom. The van der Waals surface area contributed by atoms with Gasteiger partial charge in [0, 0.05) is 11.9 Å². The van der Waals surface area contributed by atoms with E-state index in [0.29, 0.717) is 5.66 Å². The van der Waals surface area contributed by atoms with Crippen molar-refractivity contribution in [1.29, 1.82) is 0 Å². The summed E-state index contributed by atoms with van der Waals surface area (Å²) in [6, 6.07) is 32.4. The van der Waals surface area contributed by atoms with E-state index in [2.05, 4.69) is 116 Å². The van der Waals surface area contributed by atoms with E-state index in [-0.39, 0.29) is 6.04 Å². The van der Waals surface area contributed by atoms with Gasteiger partial charge < -0.3 is 0 Å². The van der Waals surface area contributed by atoms with E-state index < -0.39 is 7.92 Å². The zero-order chi connectivity index (χ0) is 19.2. The molecule has 0 saturated carbocycles. The highest BCUT2D eigenvalue weighted by atomic mass is 31.1. The van der Waals surface area contributed by atoms with Gasteiger partial charge in [0.1, 0.15) is 0 Å². The number of hydrogen-bond acceptors (Lipinski definition) is 1. The second kappa shape index (κ2) is 8.95. The van der Waals surface area contributed by atoms with Crippen molar-refractivity contribution in [2.45, 2.75) is 18.6 Å². The highest BCUT2D eigenvalue weighted by Crippen LogP contribution is 2.45. The number of aliphatic imine (C=N–C) groups is 1. The monoisotopic (exact) mass is 381 g/mol. The molecule has 1 unspecified atom stereocenters. The molecule has 2 heteroatoms. The first-order valence-corrected chi connectivity index (χ1v) is 11.1. The van der Waals surface area contributed by atoms with E-state index in [4.69, 9.17) is 4.99 Å². The minimum atomic E-state index is -0.523. The van der Waals surface area contributed by atoms with Crippen molar-refractivity contribution in [3.8, 4) is 0 Å². The van der Waals surface area contributed by atoms with Crippen molar-refractivity contribution in [3.63, 3.8) is 0 Å². The normalized spacial score (nSPS) is 17.2. The van der Waals surface area contributed by atoms with Gasteiger partial charge in [-0.05, 0) is 36.6 Å². The number of nitrogens with zero attached hydrogens (tertiary/aromatic N) is 1. The van der Waals surface area contributed by atoms with Gasteiger partial charge in [-0.2, -0.15) is 0 Å². The van der Waals surface area contributed by atoms with Gasteiger partial charge in [0.25, 0.3) is 0 Å². The Labute approximate surface area is 168 Å². The van der Waals surface area contributed by atoms with Crippen LogP contribution in [0.15, 0.2) is 120 Å². The summed E-state index contributed by atoms with van der Waals surface area (Å²) in [4.78, 5) is 4.87. The quantitative estimate of drug-likeness (QED) is 0.377. The summed E-state index contributed by atoms with van der Waals surface area (Å²) in [6.07, 6.45) is 8.82. The van der Waals surface area contributed by atoms with E-state index in [1.54, 1.807) is 0 Å². The predicted molar refractivity (Wildman–Crippen MR) is 123 cm³/mol. The summed E-state index contributed by atoms with van der Waals surface area (Å²) in [5.74, 6) is 0. The third kappa shape index (κ3) is 4.21. The molecule has 0 aromatic heterocycles. The molecule has 0 aliphatic heterocycles. The van der Waals surface area contributed by atoms with Crippen LogP contribution in [0.5, 0.6) is 0 Å². The third-order valence-electron chi connectivity index (χ3n) is 5.00. The first kappa shape index (κ1) is 18.6. The third-order valence-corrected chi connectivity index (χ3v) is 7.74. The van der Waals surface area contributed by atoms with Crippen LogP contribution in [0, 0.1) is 0 Å². The van der Waals surface area contributed by atoms with Gasteiger partial charge in [-0.15, -0.1) is 0 Å². The van der Waals surface area contributed by atoms with Crippen LogP contribution in [0.4, 0.5) is 0 Å². The van der Waals surface area contributed by atoms with Crippen molar-refractivity contribution >= 4 is 24.7 Å². The Kier molecular flexibility index (Phi) is 5.95. The van der Waals surface area contributed by atoms with Crippen molar-refractivity contribution < 1.29 is 0 Å². The van der Waals surface area contributed by atoms with Crippen LogP contribution in [-0.2, 0) is 0 Å². The van der Waals surface area contributed by atoms with Gasteiger partial charge >= 0.3 is 0 Å². The Morgan fingerprint density at radius 2 is 1.32 bits per heavy atom. The molecule has 1 aliphatic carbocycles. The maximum atomic E-state index is 4.87. The summed E-state index contributed by atoms with van der Waals surface area (Å²) < 4.78 is 0. The smallest absolute Gasteiger partial charge is 0.0720 e. The molecule has 2 atom stereocenters. The predicted octanol–water partition coefficient (Wildman–Crippen LogP) is 5.82. The van der Waals surface area contributed by atoms with Gasteiger partial charge in [-0.25, -0.2) is 0 Å². The van der Waals surface area contributed by atoms with Crippen LogP contribution in [-0.4, -0.2) is 11.9 Å². The molecule has 0 radical (unpaired) electrons. The summed E-state index contributed by atoms with van der Waals surface area (Å²) in [7, 11) is -0.523. The van der Waals surface area contributed by atoms with Crippen LogP contribution in [0.2, 0.25) is 0 Å². The molecule has 4 rings (SSSR count). The van der Waals surface area contributed by atoms with E-state index in [1.165, 1.54) is 21.7 Å². The maximum absolute atomic E-state index is 4.87.